The predicted molar refractivity (Wildman–Crippen MR) is 99.9 cm³/mol. The predicted octanol–water partition coefficient (Wildman–Crippen LogP) is 1.14. The zero-order valence-corrected chi connectivity index (χ0v) is 13.9. The van der Waals surface area contributed by atoms with Crippen molar-refractivity contribution < 1.29 is 19.9 Å². The van der Waals surface area contributed by atoms with Crippen LogP contribution in [-0.4, -0.2) is 38.9 Å². The van der Waals surface area contributed by atoms with E-state index < -0.39 is 7.12 Å². The number of nitrogens with two attached hydrogens (primary N) is 1. The van der Waals surface area contributed by atoms with Gasteiger partial charge in [-0.25, -0.2) is 0 Å². The monoisotopic (exact) mass is 351 g/mol. The fraction of sp³-hybridized carbons (Fsp3) is 0.167. The van der Waals surface area contributed by atoms with Crippen molar-refractivity contribution >= 4 is 35.6 Å². The molecule has 8 heteroatoms. The molecule has 1 aliphatic carbocycles. The average Bonchev–Trinajstić information content (AvgIpc) is 3.47. The van der Waals surface area contributed by atoms with Gasteiger partial charge in [0.15, 0.2) is 5.82 Å². The standard InChI is InChI=1S/C17H16BN3O2.CH2O2/c19-17-14-7-6-12(11-2-1-3-13(8-11)18(22)23)9-15(14)16(20-21-17)10-4-5-10;2-1-3/h1-3,6-10,22-23H,4-5H2,(H2,19,21);1H,(H,2,3). The van der Waals surface area contributed by atoms with E-state index in [9.17, 15) is 10.0 Å². The molecule has 1 aromatic heterocycles. The minimum Gasteiger partial charge on any atom is -0.483 e. The second-order valence-electron chi connectivity index (χ2n) is 6.11. The molecule has 0 amide bonds. The van der Waals surface area contributed by atoms with E-state index in [0.29, 0.717) is 17.2 Å². The van der Waals surface area contributed by atoms with Gasteiger partial charge < -0.3 is 20.9 Å². The number of nitrogens with zero attached hydrogens (tertiary/aromatic N) is 2. The van der Waals surface area contributed by atoms with Crippen LogP contribution < -0.4 is 11.2 Å². The quantitative estimate of drug-likeness (QED) is 0.411. The number of benzene rings is 2. The Labute approximate surface area is 150 Å². The normalized spacial score (nSPS) is 13.0. The van der Waals surface area contributed by atoms with Crippen LogP contribution in [0.4, 0.5) is 5.82 Å². The van der Waals surface area contributed by atoms with Crippen molar-refractivity contribution in [2.75, 3.05) is 5.73 Å². The fourth-order valence-corrected chi connectivity index (χ4v) is 2.91. The topological polar surface area (TPSA) is 130 Å². The van der Waals surface area contributed by atoms with E-state index in [1.54, 1.807) is 12.1 Å². The van der Waals surface area contributed by atoms with Crippen LogP contribution in [0.3, 0.4) is 0 Å². The molecule has 1 fully saturated rings. The molecule has 132 valence electrons. The second kappa shape index (κ2) is 7.51. The number of hydrogen-bond donors (Lipinski definition) is 4. The molecule has 0 atom stereocenters. The number of fused-ring (bicyclic) bond motifs is 1. The lowest BCUT2D eigenvalue weighted by atomic mass is 9.79. The van der Waals surface area contributed by atoms with E-state index in [-0.39, 0.29) is 6.47 Å². The van der Waals surface area contributed by atoms with E-state index in [4.69, 9.17) is 15.6 Å². The Balaban J connectivity index is 0.000000613. The smallest absolute Gasteiger partial charge is 0.483 e. The third-order valence-corrected chi connectivity index (χ3v) is 4.32. The molecule has 7 nitrogen and oxygen atoms in total. The van der Waals surface area contributed by atoms with Crippen LogP contribution in [0.15, 0.2) is 42.5 Å². The summed E-state index contributed by atoms with van der Waals surface area (Å²) in [6, 6.07) is 13.2. The summed E-state index contributed by atoms with van der Waals surface area (Å²) < 4.78 is 0. The van der Waals surface area contributed by atoms with Gasteiger partial charge in [-0.15, -0.1) is 5.10 Å². The second-order valence-corrected chi connectivity index (χ2v) is 6.11. The zero-order valence-electron chi connectivity index (χ0n) is 13.9. The van der Waals surface area contributed by atoms with Crippen molar-refractivity contribution in [3.63, 3.8) is 0 Å². The van der Waals surface area contributed by atoms with E-state index in [1.165, 1.54) is 0 Å². The maximum absolute atomic E-state index is 9.35. The first-order valence-corrected chi connectivity index (χ1v) is 8.15. The molecule has 2 aromatic carbocycles. The maximum Gasteiger partial charge on any atom is 0.488 e. The van der Waals surface area contributed by atoms with Gasteiger partial charge >= 0.3 is 7.12 Å². The first-order chi connectivity index (χ1) is 12.5. The number of hydrogen-bond acceptors (Lipinski definition) is 6. The molecule has 1 heterocycles. The van der Waals surface area contributed by atoms with Gasteiger partial charge in [0.2, 0.25) is 0 Å². The molecule has 0 spiro atoms. The summed E-state index contributed by atoms with van der Waals surface area (Å²) in [4.78, 5) is 8.36. The Kier molecular flexibility index (Phi) is 5.15. The highest BCUT2D eigenvalue weighted by Gasteiger charge is 2.28. The van der Waals surface area contributed by atoms with Crippen molar-refractivity contribution in [1.29, 1.82) is 0 Å². The third-order valence-electron chi connectivity index (χ3n) is 4.32. The van der Waals surface area contributed by atoms with Gasteiger partial charge in [0.1, 0.15) is 0 Å². The summed E-state index contributed by atoms with van der Waals surface area (Å²) in [6.45, 7) is -0.250. The molecule has 0 unspecified atom stereocenters. The SMILES string of the molecule is Nc1nnc(C2CC2)c2cc(-c3cccc(B(O)O)c3)ccc12.O=CO. The van der Waals surface area contributed by atoms with Gasteiger partial charge in [0.25, 0.3) is 6.47 Å². The van der Waals surface area contributed by atoms with Crippen LogP contribution in [0.2, 0.25) is 0 Å². The third kappa shape index (κ3) is 3.66. The van der Waals surface area contributed by atoms with Gasteiger partial charge in [-0.05, 0) is 41.6 Å². The van der Waals surface area contributed by atoms with Crippen molar-refractivity contribution in [3.8, 4) is 11.1 Å². The average molecular weight is 351 g/mol. The van der Waals surface area contributed by atoms with E-state index in [1.807, 2.05) is 24.3 Å². The highest BCUT2D eigenvalue weighted by molar-refractivity contribution is 6.58. The van der Waals surface area contributed by atoms with Gasteiger partial charge in [0.05, 0.1) is 5.69 Å². The molecular weight excluding hydrogens is 333 g/mol. The number of anilines is 1. The van der Waals surface area contributed by atoms with Gasteiger partial charge in [-0.2, -0.15) is 5.10 Å². The first-order valence-electron chi connectivity index (χ1n) is 8.15. The molecule has 0 radical (unpaired) electrons. The summed E-state index contributed by atoms with van der Waals surface area (Å²) >= 11 is 0. The Morgan fingerprint density at radius 2 is 1.73 bits per heavy atom. The molecule has 1 saturated carbocycles. The van der Waals surface area contributed by atoms with E-state index in [0.717, 1.165) is 40.4 Å². The van der Waals surface area contributed by atoms with Crippen LogP contribution in [0, 0.1) is 0 Å². The highest BCUT2D eigenvalue weighted by Crippen LogP contribution is 2.42. The molecule has 3 aromatic rings. The van der Waals surface area contributed by atoms with Crippen molar-refractivity contribution in [3.05, 3.63) is 48.2 Å². The van der Waals surface area contributed by atoms with Crippen molar-refractivity contribution in [1.82, 2.24) is 10.2 Å². The van der Waals surface area contributed by atoms with Crippen molar-refractivity contribution in [2.45, 2.75) is 18.8 Å². The Morgan fingerprint density at radius 3 is 2.38 bits per heavy atom. The maximum atomic E-state index is 9.35. The Hall–Kier alpha value is -2.97. The highest BCUT2D eigenvalue weighted by atomic mass is 16.4. The molecule has 0 bridgehead atoms. The van der Waals surface area contributed by atoms with Crippen LogP contribution in [0.5, 0.6) is 0 Å². The summed E-state index contributed by atoms with van der Waals surface area (Å²) in [7, 11) is -1.47. The van der Waals surface area contributed by atoms with Crippen molar-refractivity contribution in [2.24, 2.45) is 0 Å². The summed E-state index contributed by atoms with van der Waals surface area (Å²) in [5, 5.41) is 35.9. The number of carboxylic acid groups (broad SMARTS) is 1. The lowest BCUT2D eigenvalue weighted by Gasteiger charge is -2.10. The molecule has 0 aliphatic heterocycles. The molecular formula is C18H18BN3O4. The Morgan fingerprint density at radius 1 is 1.04 bits per heavy atom. The molecule has 0 saturated heterocycles. The lowest BCUT2D eigenvalue weighted by molar-refractivity contribution is -0.122. The number of nitrogen functional groups attached to an aromatic ring is 1. The minimum absolute atomic E-state index is 0.250. The number of carbonyl (C=O) groups is 1. The minimum atomic E-state index is -1.47. The summed E-state index contributed by atoms with van der Waals surface area (Å²) in [5.74, 6) is 0.918. The van der Waals surface area contributed by atoms with Crippen LogP contribution in [0.1, 0.15) is 24.5 Å². The van der Waals surface area contributed by atoms with Crippen LogP contribution in [0.25, 0.3) is 21.9 Å². The molecule has 1 aliphatic rings. The van der Waals surface area contributed by atoms with Crippen LogP contribution >= 0.6 is 0 Å². The summed E-state index contributed by atoms with van der Waals surface area (Å²) in [6.07, 6.45) is 2.29. The van der Waals surface area contributed by atoms with E-state index >= 15 is 0 Å². The molecule has 4 rings (SSSR count). The number of aromatic nitrogens is 2. The lowest BCUT2D eigenvalue weighted by Crippen LogP contribution is -2.29. The van der Waals surface area contributed by atoms with Gasteiger partial charge in [0, 0.05) is 16.7 Å². The molecule has 26 heavy (non-hydrogen) atoms. The largest absolute Gasteiger partial charge is 0.488 e. The zero-order chi connectivity index (χ0) is 18.7. The van der Waals surface area contributed by atoms with Crippen LogP contribution in [-0.2, 0) is 4.79 Å². The molecule has 5 N–H and O–H groups in total. The van der Waals surface area contributed by atoms with Gasteiger partial charge in [-0.3, -0.25) is 4.79 Å². The number of rotatable bonds is 3. The fourth-order valence-electron chi connectivity index (χ4n) is 2.91. The van der Waals surface area contributed by atoms with E-state index in [2.05, 4.69) is 16.3 Å². The van der Waals surface area contributed by atoms with Gasteiger partial charge in [-0.1, -0.05) is 30.3 Å². The summed E-state index contributed by atoms with van der Waals surface area (Å²) in [5.41, 5.74) is 9.36. The Bertz CT molecular complexity index is 945. The first kappa shape index (κ1) is 17.8.